The van der Waals surface area contributed by atoms with Crippen LogP contribution in [-0.4, -0.2) is 72.5 Å². The topological polar surface area (TPSA) is 72.9 Å². The lowest BCUT2D eigenvalue weighted by atomic mass is 9.97. The normalized spacial score (nSPS) is 19.2. The Bertz CT molecular complexity index is 647. The summed E-state index contributed by atoms with van der Waals surface area (Å²) in [6.45, 7) is 11.0. The summed E-state index contributed by atoms with van der Waals surface area (Å²) in [4.78, 5) is 25.7. The van der Waals surface area contributed by atoms with Crippen molar-refractivity contribution in [2.75, 3.05) is 45.8 Å². The zero-order chi connectivity index (χ0) is 19.8. The standard InChI is InChI=1S/C20H34N6OS/c1-3-21-20(23-13-19(27)26-8-4-5-9-26)22-12-17-6-10-25(11-7-17)14-18-15-28-16(2)24-18/h15,17H,3-14H2,1-2H3,(H2,21,22,23). The number of aliphatic imine (C=N–C) groups is 1. The second kappa shape index (κ2) is 10.8. The van der Waals surface area contributed by atoms with Crippen LogP contribution in [0.5, 0.6) is 0 Å². The van der Waals surface area contributed by atoms with Gasteiger partial charge in [0.25, 0.3) is 0 Å². The molecule has 0 radical (unpaired) electrons. The highest BCUT2D eigenvalue weighted by molar-refractivity contribution is 7.09. The molecule has 0 aliphatic carbocycles. The predicted octanol–water partition coefficient (Wildman–Crippen LogP) is 1.84. The molecule has 0 bridgehead atoms. The molecule has 7 nitrogen and oxygen atoms in total. The first-order valence-corrected chi connectivity index (χ1v) is 11.5. The number of carbonyl (C=O) groups is 1. The van der Waals surface area contributed by atoms with Gasteiger partial charge in [-0.3, -0.25) is 9.69 Å². The van der Waals surface area contributed by atoms with E-state index in [1.54, 1.807) is 11.3 Å². The molecule has 0 atom stereocenters. The molecular weight excluding hydrogens is 372 g/mol. The van der Waals surface area contributed by atoms with Crippen LogP contribution >= 0.6 is 11.3 Å². The molecule has 156 valence electrons. The van der Waals surface area contributed by atoms with Crippen molar-refractivity contribution in [3.8, 4) is 0 Å². The molecule has 1 aromatic heterocycles. The van der Waals surface area contributed by atoms with E-state index in [9.17, 15) is 4.79 Å². The average Bonchev–Trinajstić information content (AvgIpc) is 3.37. The molecule has 2 aliphatic heterocycles. The molecule has 0 spiro atoms. The summed E-state index contributed by atoms with van der Waals surface area (Å²) >= 11 is 1.73. The first-order chi connectivity index (χ1) is 13.6. The molecular formula is C20H34N6OS. The van der Waals surface area contributed by atoms with E-state index >= 15 is 0 Å². The Balaban J connectivity index is 1.39. The highest BCUT2D eigenvalue weighted by Crippen LogP contribution is 2.19. The fourth-order valence-electron chi connectivity index (χ4n) is 3.85. The molecule has 2 aliphatic rings. The molecule has 1 aromatic rings. The minimum atomic E-state index is 0.139. The SMILES string of the molecule is CCNC(=NCC(=O)N1CCCC1)NCC1CCN(Cc2csc(C)n2)CC1. The lowest BCUT2D eigenvalue weighted by Crippen LogP contribution is -2.43. The van der Waals surface area contributed by atoms with Crippen molar-refractivity contribution in [2.24, 2.45) is 10.9 Å². The summed E-state index contributed by atoms with van der Waals surface area (Å²) < 4.78 is 0. The highest BCUT2D eigenvalue weighted by atomic mass is 32.1. The summed E-state index contributed by atoms with van der Waals surface area (Å²) in [7, 11) is 0. The fourth-order valence-corrected chi connectivity index (χ4v) is 4.46. The molecule has 1 amide bonds. The first kappa shape index (κ1) is 21.0. The number of aryl methyl sites for hydroxylation is 1. The molecule has 3 rings (SSSR count). The summed E-state index contributed by atoms with van der Waals surface area (Å²) in [6, 6.07) is 0. The highest BCUT2D eigenvalue weighted by Gasteiger charge is 2.21. The number of hydrogen-bond acceptors (Lipinski definition) is 5. The average molecular weight is 407 g/mol. The number of likely N-dealkylation sites (tertiary alicyclic amines) is 2. The van der Waals surface area contributed by atoms with Crippen LogP contribution < -0.4 is 10.6 Å². The van der Waals surface area contributed by atoms with E-state index in [2.05, 4.69) is 44.7 Å². The summed E-state index contributed by atoms with van der Waals surface area (Å²) in [5, 5.41) is 10.0. The zero-order valence-corrected chi connectivity index (χ0v) is 18.1. The van der Waals surface area contributed by atoms with Gasteiger partial charge in [0.15, 0.2) is 5.96 Å². The number of amides is 1. The Morgan fingerprint density at radius 1 is 1.25 bits per heavy atom. The number of hydrogen-bond donors (Lipinski definition) is 2. The summed E-state index contributed by atoms with van der Waals surface area (Å²) in [5.74, 6) is 1.54. The van der Waals surface area contributed by atoms with Gasteiger partial charge in [-0.15, -0.1) is 11.3 Å². The lowest BCUT2D eigenvalue weighted by Gasteiger charge is -2.31. The first-order valence-electron chi connectivity index (χ1n) is 10.6. The summed E-state index contributed by atoms with van der Waals surface area (Å²) in [5.41, 5.74) is 1.20. The number of carbonyl (C=O) groups excluding carboxylic acids is 1. The number of thiazole rings is 1. The van der Waals surface area contributed by atoms with E-state index in [1.807, 2.05) is 4.90 Å². The van der Waals surface area contributed by atoms with Crippen LogP contribution in [0.25, 0.3) is 0 Å². The Morgan fingerprint density at radius 3 is 2.64 bits per heavy atom. The number of guanidine groups is 1. The number of nitrogens with zero attached hydrogens (tertiary/aromatic N) is 4. The van der Waals surface area contributed by atoms with Crippen molar-refractivity contribution >= 4 is 23.2 Å². The zero-order valence-electron chi connectivity index (χ0n) is 17.2. The third-order valence-corrected chi connectivity index (χ3v) is 6.32. The van der Waals surface area contributed by atoms with E-state index in [0.717, 1.165) is 69.6 Å². The number of aromatic nitrogens is 1. The second-order valence-corrected chi connectivity index (χ2v) is 8.80. The monoisotopic (exact) mass is 406 g/mol. The molecule has 8 heteroatoms. The van der Waals surface area contributed by atoms with E-state index < -0.39 is 0 Å². The van der Waals surface area contributed by atoms with Gasteiger partial charge in [0.05, 0.1) is 10.7 Å². The van der Waals surface area contributed by atoms with Crippen molar-refractivity contribution in [2.45, 2.75) is 46.1 Å². The van der Waals surface area contributed by atoms with Gasteiger partial charge in [0.1, 0.15) is 6.54 Å². The largest absolute Gasteiger partial charge is 0.357 e. The third-order valence-electron chi connectivity index (χ3n) is 5.49. The maximum atomic E-state index is 12.2. The Kier molecular flexibility index (Phi) is 8.09. The fraction of sp³-hybridized carbons (Fsp3) is 0.750. The predicted molar refractivity (Wildman–Crippen MR) is 115 cm³/mol. The van der Waals surface area contributed by atoms with Gasteiger partial charge in [-0.1, -0.05) is 0 Å². The van der Waals surface area contributed by atoms with Crippen LogP contribution in [0.2, 0.25) is 0 Å². The molecule has 2 N–H and O–H groups in total. The van der Waals surface area contributed by atoms with Gasteiger partial charge in [0.2, 0.25) is 5.91 Å². The lowest BCUT2D eigenvalue weighted by molar-refractivity contribution is -0.128. The third kappa shape index (κ3) is 6.44. The molecule has 0 saturated carbocycles. The van der Waals surface area contributed by atoms with Crippen molar-refractivity contribution in [1.82, 2.24) is 25.4 Å². The van der Waals surface area contributed by atoms with Gasteiger partial charge in [-0.25, -0.2) is 9.98 Å². The van der Waals surface area contributed by atoms with Gasteiger partial charge in [0, 0.05) is 38.1 Å². The van der Waals surface area contributed by atoms with Gasteiger partial charge < -0.3 is 15.5 Å². The van der Waals surface area contributed by atoms with Gasteiger partial charge in [-0.05, 0) is 58.5 Å². The van der Waals surface area contributed by atoms with Crippen LogP contribution in [-0.2, 0) is 11.3 Å². The maximum Gasteiger partial charge on any atom is 0.244 e. The minimum Gasteiger partial charge on any atom is -0.357 e. The van der Waals surface area contributed by atoms with Crippen molar-refractivity contribution in [3.05, 3.63) is 16.1 Å². The van der Waals surface area contributed by atoms with Crippen LogP contribution in [0.15, 0.2) is 10.4 Å². The molecule has 28 heavy (non-hydrogen) atoms. The number of nitrogens with one attached hydrogen (secondary N) is 2. The Hall–Kier alpha value is -1.67. The van der Waals surface area contributed by atoms with Crippen molar-refractivity contribution < 1.29 is 4.79 Å². The van der Waals surface area contributed by atoms with E-state index in [1.165, 1.54) is 18.5 Å². The number of piperidine rings is 1. The van der Waals surface area contributed by atoms with Crippen LogP contribution in [0.3, 0.4) is 0 Å². The maximum absolute atomic E-state index is 12.2. The second-order valence-electron chi connectivity index (χ2n) is 7.74. The van der Waals surface area contributed by atoms with Gasteiger partial charge >= 0.3 is 0 Å². The van der Waals surface area contributed by atoms with Crippen LogP contribution in [0.1, 0.15) is 43.3 Å². The van der Waals surface area contributed by atoms with Gasteiger partial charge in [-0.2, -0.15) is 0 Å². The Labute approximate surface area is 172 Å². The molecule has 2 saturated heterocycles. The molecule has 0 aromatic carbocycles. The minimum absolute atomic E-state index is 0.139. The molecule has 0 unspecified atom stereocenters. The van der Waals surface area contributed by atoms with Crippen molar-refractivity contribution in [1.29, 1.82) is 0 Å². The summed E-state index contributed by atoms with van der Waals surface area (Å²) in [6.07, 6.45) is 4.60. The van der Waals surface area contributed by atoms with E-state index in [0.29, 0.717) is 5.92 Å². The van der Waals surface area contributed by atoms with E-state index in [-0.39, 0.29) is 12.5 Å². The number of rotatable bonds is 7. The van der Waals surface area contributed by atoms with Crippen molar-refractivity contribution in [3.63, 3.8) is 0 Å². The Morgan fingerprint density at radius 2 is 2.00 bits per heavy atom. The van der Waals surface area contributed by atoms with Crippen LogP contribution in [0, 0.1) is 12.8 Å². The van der Waals surface area contributed by atoms with Crippen LogP contribution in [0.4, 0.5) is 0 Å². The molecule has 3 heterocycles. The van der Waals surface area contributed by atoms with E-state index in [4.69, 9.17) is 0 Å². The molecule has 2 fully saturated rings. The smallest absolute Gasteiger partial charge is 0.244 e. The quantitative estimate of drug-likeness (QED) is 0.534.